The molecule has 0 aliphatic heterocycles. The zero-order valence-electron chi connectivity index (χ0n) is 13.0. The number of rotatable bonds is 3. The maximum absolute atomic E-state index is 4.62. The van der Waals surface area contributed by atoms with Crippen LogP contribution in [0.15, 0.2) is 78.9 Å². The van der Waals surface area contributed by atoms with Crippen LogP contribution in [0.25, 0.3) is 22.3 Å². The predicted molar refractivity (Wildman–Crippen MR) is 99.3 cm³/mol. The fourth-order valence-electron chi connectivity index (χ4n) is 2.56. The topological polar surface area (TPSA) is 0 Å². The van der Waals surface area contributed by atoms with Gasteiger partial charge in [0.1, 0.15) is 0 Å². The summed E-state index contributed by atoms with van der Waals surface area (Å²) in [6.07, 6.45) is 0. The molecule has 0 heterocycles. The molecule has 0 spiro atoms. The van der Waals surface area contributed by atoms with E-state index in [0.29, 0.717) is 0 Å². The van der Waals surface area contributed by atoms with E-state index < -0.39 is 0 Å². The Hall–Kier alpha value is -1.99. The molecule has 0 aromatic heterocycles. The third-order valence-corrected chi connectivity index (χ3v) is 4.17. The minimum atomic E-state index is -0.101. The summed E-state index contributed by atoms with van der Waals surface area (Å²) in [5.41, 5.74) is 6.21. The highest BCUT2D eigenvalue weighted by Gasteiger charge is 2.14. The molecular formula is C21H20S. The summed E-state index contributed by atoms with van der Waals surface area (Å²) in [6.45, 7) is 4.22. The highest BCUT2D eigenvalue weighted by Crippen LogP contribution is 2.30. The molecule has 0 nitrogen and oxygen atoms in total. The van der Waals surface area contributed by atoms with Crippen molar-refractivity contribution in [2.24, 2.45) is 0 Å². The molecular weight excluding hydrogens is 284 g/mol. The molecule has 0 fully saturated rings. The van der Waals surface area contributed by atoms with E-state index >= 15 is 0 Å². The molecule has 0 unspecified atom stereocenters. The van der Waals surface area contributed by atoms with Crippen LogP contribution in [0.2, 0.25) is 0 Å². The van der Waals surface area contributed by atoms with Crippen LogP contribution in [0.3, 0.4) is 0 Å². The summed E-state index contributed by atoms with van der Waals surface area (Å²) in [6, 6.07) is 27.9. The summed E-state index contributed by atoms with van der Waals surface area (Å²) < 4.78 is -0.101. The largest absolute Gasteiger partial charge is 0.168 e. The zero-order chi connectivity index (χ0) is 15.6. The van der Waals surface area contributed by atoms with Gasteiger partial charge in [-0.2, -0.15) is 12.6 Å². The smallest absolute Gasteiger partial charge is 0.0322 e. The van der Waals surface area contributed by atoms with E-state index in [9.17, 15) is 0 Å². The third-order valence-electron chi connectivity index (χ3n) is 3.92. The summed E-state index contributed by atoms with van der Waals surface area (Å²) in [4.78, 5) is 0. The van der Waals surface area contributed by atoms with Crippen LogP contribution in [0.5, 0.6) is 0 Å². The Morgan fingerprint density at radius 2 is 0.909 bits per heavy atom. The molecule has 0 radical (unpaired) electrons. The monoisotopic (exact) mass is 304 g/mol. The van der Waals surface area contributed by atoms with E-state index in [0.717, 1.165) is 0 Å². The van der Waals surface area contributed by atoms with E-state index in [-0.39, 0.29) is 4.75 Å². The average Bonchev–Trinajstić information content (AvgIpc) is 2.55. The normalized spacial score (nSPS) is 11.4. The summed E-state index contributed by atoms with van der Waals surface area (Å²) in [5.74, 6) is 0. The molecule has 0 atom stereocenters. The Morgan fingerprint density at radius 1 is 0.545 bits per heavy atom. The molecule has 0 N–H and O–H groups in total. The van der Waals surface area contributed by atoms with Gasteiger partial charge in [-0.05, 0) is 41.7 Å². The standard InChI is InChI=1S/C21H20S/c1-21(2,22)20-14-12-19(13-15-20)18-10-8-17(9-11-18)16-6-4-3-5-7-16/h3-15,22H,1-2H3. The number of hydrogen-bond acceptors (Lipinski definition) is 1. The van der Waals surface area contributed by atoms with E-state index in [2.05, 4.69) is 99.3 Å². The molecule has 0 bridgehead atoms. The lowest BCUT2D eigenvalue weighted by Crippen LogP contribution is -2.06. The van der Waals surface area contributed by atoms with Gasteiger partial charge < -0.3 is 0 Å². The van der Waals surface area contributed by atoms with Crippen LogP contribution in [-0.2, 0) is 4.75 Å². The lowest BCUT2D eigenvalue weighted by Gasteiger charge is -2.18. The van der Waals surface area contributed by atoms with Crippen molar-refractivity contribution in [1.29, 1.82) is 0 Å². The van der Waals surface area contributed by atoms with Gasteiger partial charge in [0.05, 0.1) is 0 Å². The lowest BCUT2D eigenvalue weighted by molar-refractivity contribution is 0.791. The summed E-state index contributed by atoms with van der Waals surface area (Å²) >= 11 is 4.62. The van der Waals surface area contributed by atoms with Gasteiger partial charge in [-0.1, -0.05) is 78.9 Å². The van der Waals surface area contributed by atoms with E-state index in [1.165, 1.54) is 27.8 Å². The first kappa shape index (κ1) is 14.9. The van der Waals surface area contributed by atoms with Crippen LogP contribution < -0.4 is 0 Å². The maximum Gasteiger partial charge on any atom is 0.0322 e. The van der Waals surface area contributed by atoms with Gasteiger partial charge in [0.2, 0.25) is 0 Å². The zero-order valence-corrected chi connectivity index (χ0v) is 13.8. The molecule has 3 rings (SSSR count). The van der Waals surface area contributed by atoms with Crippen molar-refractivity contribution < 1.29 is 0 Å². The second-order valence-electron chi connectivity index (χ2n) is 6.08. The van der Waals surface area contributed by atoms with Gasteiger partial charge >= 0.3 is 0 Å². The van der Waals surface area contributed by atoms with Gasteiger partial charge in [-0.25, -0.2) is 0 Å². The minimum Gasteiger partial charge on any atom is -0.168 e. The van der Waals surface area contributed by atoms with Crippen molar-refractivity contribution in [3.63, 3.8) is 0 Å². The summed E-state index contributed by atoms with van der Waals surface area (Å²) in [7, 11) is 0. The Labute approximate surface area is 138 Å². The first-order valence-corrected chi connectivity index (χ1v) is 7.97. The highest BCUT2D eigenvalue weighted by atomic mass is 32.1. The van der Waals surface area contributed by atoms with Gasteiger partial charge in [-0.15, -0.1) is 0 Å². The van der Waals surface area contributed by atoms with Crippen LogP contribution in [-0.4, -0.2) is 0 Å². The van der Waals surface area contributed by atoms with Gasteiger partial charge in [0.25, 0.3) is 0 Å². The van der Waals surface area contributed by atoms with Crippen molar-refractivity contribution in [2.75, 3.05) is 0 Å². The Bertz CT molecular complexity index is 733. The van der Waals surface area contributed by atoms with Gasteiger partial charge in [0.15, 0.2) is 0 Å². The fraction of sp³-hybridized carbons (Fsp3) is 0.143. The van der Waals surface area contributed by atoms with Crippen molar-refractivity contribution in [3.05, 3.63) is 84.4 Å². The molecule has 3 aromatic carbocycles. The molecule has 0 aliphatic rings. The molecule has 0 aliphatic carbocycles. The maximum atomic E-state index is 4.62. The first-order chi connectivity index (χ1) is 10.5. The van der Waals surface area contributed by atoms with Crippen molar-refractivity contribution in [1.82, 2.24) is 0 Å². The third kappa shape index (κ3) is 3.26. The molecule has 0 amide bonds. The Balaban J connectivity index is 1.87. The molecule has 1 heteroatoms. The molecule has 0 saturated carbocycles. The number of hydrogen-bond donors (Lipinski definition) is 1. The van der Waals surface area contributed by atoms with Crippen molar-refractivity contribution in [3.8, 4) is 22.3 Å². The van der Waals surface area contributed by atoms with Crippen molar-refractivity contribution in [2.45, 2.75) is 18.6 Å². The summed E-state index contributed by atoms with van der Waals surface area (Å²) in [5, 5.41) is 0. The molecule has 110 valence electrons. The average molecular weight is 304 g/mol. The van der Waals surface area contributed by atoms with E-state index in [4.69, 9.17) is 0 Å². The van der Waals surface area contributed by atoms with Gasteiger partial charge in [-0.3, -0.25) is 0 Å². The fourth-order valence-corrected chi connectivity index (χ4v) is 2.71. The molecule has 3 aromatic rings. The first-order valence-electron chi connectivity index (χ1n) is 7.53. The quantitative estimate of drug-likeness (QED) is 0.548. The van der Waals surface area contributed by atoms with E-state index in [1.54, 1.807) is 0 Å². The van der Waals surface area contributed by atoms with Gasteiger partial charge in [0, 0.05) is 4.75 Å². The lowest BCUT2D eigenvalue weighted by atomic mass is 9.97. The number of thiol groups is 1. The predicted octanol–water partition coefficient (Wildman–Crippen LogP) is 6.19. The second kappa shape index (κ2) is 6.02. The molecule has 22 heavy (non-hydrogen) atoms. The number of benzene rings is 3. The van der Waals surface area contributed by atoms with Crippen LogP contribution in [0.4, 0.5) is 0 Å². The van der Waals surface area contributed by atoms with Crippen LogP contribution >= 0.6 is 12.6 Å². The second-order valence-corrected chi connectivity index (χ2v) is 7.20. The van der Waals surface area contributed by atoms with Crippen LogP contribution in [0.1, 0.15) is 19.4 Å². The Kier molecular flexibility index (Phi) is 4.08. The minimum absolute atomic E-state index is 0.101. The Morgan fingerprint density at radius 3 is 1.32 bits per heavy atom. The van der Waals surface area contributed by atoms with Crippen molar-refractivity contribution >= 4 is 12.6 Å². The van der Waals surface area contributed by atoms with E-state index in [1.807, 2.05) is 6.07 Å². The molecule has 0 saturated heterocycles. The SMILES string of the molecule is CC(C)(S)c1ccc(-c2ccc(-c3ccccc3)cc2)cc1. The van der Waals surface area contributed by atoms with Crippen LogP contribution in [0, 0.1) is 0 Å². The highest BCUT2D eigenvalue weighted by molar-refractivity contribution is 7.81.